The molecular weight excluding hydrogens is 200 g/mol. The first-order chi connectivity index (χ1) is 7.62. The first kappa shape index (κ1) is 11.0. The van der Waals surface area contributed by atoms with Crippen molar-refractivity contribution in [1.82, 2.24) is 9.38 Å². The van der Waals surface area contributed by atoms with Gasteiger partial charge < -0.3 is 11.1 Å². The largest absolute Gasteiger partial charge is 0.366 e. The van der Waals surface area contributed by atoms with Gasteiger partial charge in [0.1, 0.15) is 11.5 Å². The summed E-state index contributed by atoms with van der Waals surface area (Å²) in [5, 5.41) is 3.49. The molecule has 16 heavy (non-hydrogen) atoms. The van der Waals surface area contributed by atoms with E-state index in [1.807, 2.05) is 28.8 Å². The SMILES string of the molecule is CC(C)(CCN)Nc1cccc2nccn12. The van der Waals surface area contributed by atoms with Crippen LogP contribution in [0.4, 0.5) is 5.82 Å². The summed E-state index contributed by atoms with van der Waals surface area (Å²) in [7, 11) is 0. The molecule has 4 heteroatoms. The molecule has 4 nitrogen and oxygen atoms in total. The molecule has 0 radical (unpaired) electrons. The molecule has 2 aromatic heterocycles. The number of nitrogens with one attached hydrogen (secondary N) is 1. The van der Waals surface area contributed by atoms with E-state index in [9.17, 15) is 0 Å². The van der Waals surface area contributed by atoms with Crippen LogP contribution in [0, 0.1) is 0 Å². The molecule has 0 fully saturated rings. The van der Waals surface area contributed by atoms with Gasteiger partial charge in [-0.05, 0) is 38.9 Å². The smallest absolute Gasteiger partial charge is 0.138 e. The quantitative estimate of drug-likeness (QED) is 0.823. The first-order valence-corrected chi connectivity index (χ1v) is 5.53. The van der Waals surface area contributed by atoms with Crippen LogP contribution in [0.25, 0.3) is 5.65 Å². The van der Waals surface area contributed by atoms with E-state index in [0.29, 0.717) is 6.54 Å². The van der Waals surface area contributed by atoms with Crippen molar-refractivity contribution in [3.63, 3.8) is 0 Å². The van der Waals surface area contributed by atoms with Gasteiger partial charge in [-0.15, -0.1) is 0 Å². The maximum absolute atomic E-state index is 5.60. The maximum Gasteiger partial charge on any atom is 0.138 e. The predicted octanol–water partition coefficient (Wildman–Crippen LogP) is 1.87. The Bertz CT molecular complexity index is 473. The van der Waals surface area contributed by atoms with Gasteiger partial charge in [0.05, 0.1) is 0 Å². The number of pyridine rings is 1. The number of imidazole rings is 1. The van der Waals surface area contributed by atoms with Gasteiger partial charge in [-0.25, -0.2) is 4.98 Å². The standard InChI is InChI=1S/C12H18N4/c1-12(2,6-7-13)15-11-5-3-4-10-14-8-9-16(10)11/h3-5,8-9,15H,6-7,13H2,1-2H3. The summed E-state index contributed by atoms with van der Waals surface area (Å²) in [6.45, 7) is 4.98. The Balaban J connectivity index is 2.30. The topological polar surface area (TPSA) is 55.3 Å². The van der Waals surface area contributed by atoms with Gasteiger partial charge in [0.15, 0.2) is 0 Å². The molecule has 0 bridgehead atoms. The van der Waals surface area contributed by atoms with Gasteiger partial charge in [-0.1, -0.05) is 6.07 Å². The van der Waals surface area contributed by atoms with Gasteiger partial charge in [0.2, 0.25) is 0 Å². The van der Waals surface area contributed by atoms with Crippen LogP contribution in [0.1, 0.15) is 20.3 Å². The summed E-state index contributed by atoms with van der Waals surface area (Å²) in [5.74, 6) is 1.05. The van der Waals surface area contributed by atoms with Gasteiger partial charge in [0, 0.05) is 17.9 Å². The summed E-state index contributed by atoms with van der Waals surface area (Å²) in [5.41, 5.74) is 6.55. The van der Waals surface area contributed by atoms with Crippen molar-refractivity contribution >= 4 is 11.5 Å². The minimum Gasteiger partial charge on any atom is -0.366 e. The molecule has 0 aromatic carbocycles. The highest BCUT2D eigenvalue weighted by Crippen LogP contribution is 2.18. The Hall–Kier alpha value is -1.55. The number of hydrogen-bond donors (Lipinski definition) is 2. The lowest BCUT2D eigenvalue weighted by Gasteiger charge is -2.27. The molecule has 2 aromatic rings. The van der Waals surface area contributed by atoms with E-state index in [-0.39, 0.29) is 5.54 Å². The van der Waals surface area contributed by atoms with Crippen molar-refractivity contribution in [2.45, 2.75) is 25.8 Å². The van der Waals surface area contributed by atoms with E-state index in [2.05, 4.69) is 24.1 Å². The van der Waals surface area contributed by atoms with Gasteiger partial charge in [0.25, 0.3) is 0 Å². The van der Waals surface area contributed by atoms with Crippen LogP contribution < -0.4 is 11.1 Å². The Morgan fingerprint density at radius 2 is 2.25 bits per heavy atom. The lowest BCUT2D eigenvalue weighted by Crippen LogP contribution is -2.34. The van der Waals surface area contributed by atoms with Crippen LogP contribution in [-0.2, 0) is 0 Å². The molecule has 0 aliphatic heterocycles. The molecule has 3 N–H and O–H groups in total. The fraction of sp³-hybridized carbons (Fsp3) is 0.417. The number of anilines is 1. The van der Waals surface area contributed by atoms with E-state index < -0.39 is 0 Å². The Labute approximate surface area is 95.5 Å². The lowest BCUT2D eigenvalue weighted by atomic mass is 10.0. The average molecular weight is 218 g/mol. The maximum atomic E-state index is 5.60. The second kappa shape index (κ2) is 4.14. The summed E-state index contributed by atoms with van der Waals surface area (Å²) in [4.78, 5) is 4.25. The zero-order valence-electron chi connectivity index (χ0n) is 9.77. The minimum absolute atomic E-state index is 0.00664. The predicted molar refractivity (Wildman–Crippen MR) is 66.6 cm³/mol. The molecule has 0 aliphatic rings. The Morgan fingerprint density at radius 3 is 3.00 bits per heavy atom. The number of nitrogens with zero attached hydrogens (tertiary/aromatic N) is 2. The molecule has 86 valence electrons. The minimum atomic E-state index is -0.00664. The Morgan fingerprint density at radius 1 is 1.44 bits per heavy atom. The number of rotatable bonds is 4. The fourth-order valence-corrected chi connectivity index (χ4v) is 1.82. The monoisotopic (exact) mass is 218 g/mol. The molecule has 0 saturated heterocycles. The summed E-state index contributed by atoms with van der Waals surface area (Å²) < 4.78 is 2.04. The molecular formula is C12H18N4. The molecule has 0 unspecified atom stereocenters. The average Bonchev–Trinajstić information content (AvgIpc) is 2.65. The first-order valence-electron chi connectivity index (χ1n) is 5.53. The number of aromatic nitrogens is 2. The van der Waals surface area contributed by atoms with Crippen molar-refractivity contribution < 1.29 is 0 Å². The summed E-state index contributed by atoms with van der Waals surface area (Å²) in [6.07, 6.45) is 4.69. The van der Waals surface area contributed by atoms with E-state index in [4.69, 9.17) is 5.73 Å². The summed E-state index contributed by atoms with van der Waals surface area (Å²) in [6, 6.07) is 6.04. The van der Waals surface area contributed by atoms with Crippen LogP contribution in [0.15, 0.2) is 30.6 Å². The highest BCUT2D eigenvalue weighted by Gasteiger charge is 2.17. The van der Waals surface area contributed by atoms with Crippen molar-refractivity contribution in [3.05, 3.63) is 30.6 Å². The van der Waals surface area contributed by atoms with Gasteiger partial charge in [-0.3, -0.25) is 4.40 Å². The van der Waals surface area contributed by atoms with E-state index in [0.717, 1.165) is 17.9 Å². The number of fused-ring (bicyclic) bond motifs is 1. The molecule has 0 aliphatic carbocycles. The van der Waals surface area contributed by atoms with E-state index in [1.54, 1.807) is 6.20 Å². The molecule has 0 saturated carbocycles. The van der Waals surface area contributed by atoms with Crippen molar-refractivity contribution in [2.24, 2.45) is 5.73 Å². The zero-order valence-corrected chi connectivity index (χ0v) is 9.77. The van der Waals surface area contributed by atoms with Crippen molar-refractivity contribution in [2.75, 3.05) is 11.9 Å². The van der Waals surface area contributed by atoms with Gasteiger partial charge in [-0.2, -0.15) is 0 Å². The van der Waals surface area contributed by atoms with Crippen LogP contribution in [-0.4, -0.2) is 21.5 Å². The molecule has 0 atom stereocenters. The third-order valence-corrected chi connectivity index (χ3v) is 2.66. The van der Waals surface area contributed by atoms with E-state index >= 15 is 0 Å². The van der Waals surface area contributed by atoms with Crippen LogP contribution in [0.2, 0.25) is 0 Å². The third-order valence-electron chi connectivity index (χ3n) is 2.66. The molecule has 2 heterocycles. The third kappa shape index (κ3) is 2.17. The second-order valence-electron chi connectivity index (χ2n) is 4.61. The van der Waals surface area contributed by atoms with Crippen LogP contribution in [0.5, 0.6) is 0 Å². The Kier molecular flexibility index (Phi) is 2.83. The highest BCUT2D eigenvalue weighted by atomic mass is 15.1. The lowest BCUT2D eigenvalue weighted by molar-refractivity contribution is 0.523. The fourth-order valence-electron chi connectivity index (χ4n) is 1.82. The van der Waals surface area contributed by atoms with Crippen molar-refractivity contribution in [1.29, 1.82) is 0 Å². The zero-order chi connectivity index (χ0) is 11.6. The number of hydrogen-bond acceptors (Lipinski definition) is 3. The second-order valence-corrected chi connectivity index (χ2v) is 4.61. The van der Waals surface area contributed by atoms with E-state index in [1.165, 1.54) is 0 Å². The normalized spacial score (nSPS) is 11.9. The van der Waals surface area contributed by atoms with Crippen LogP contribution in [0.3, 0.4) is 0 Å². The molecule has 2 rings (SSSR count). The molecule has 0 spiro atoms. The summed E-state index contributed by atoms with van der Waals surface area (Å²) >= 11 is 0. The number of nitrogens with two attached hydrogens (primary N) is 1. The molecule has 0 amide bonds. The van der Waals surface area contributed by atoms with Crippen LogP contribution >= 0.6 is 0 Å². The van der Waals surface area contributed by atoms with Gasteiger partial charge >= 0.3 is 0 Å². The highest BCUT2D eigenvalue weighted by molar-refractivity contribution is 5.50. The van der Waals surface area contributed by atoms with Crippen molar-refractivity contribution in [3.8, 4) is 0 Å².